The van der Waals surface area contributed by atoms with Gasteiger partial charge in [0.2, 0.25) is 5.91 Å². The average Bonchev–Trinajstić information content (AvgIpc) is 2.87. The van der Waals surface area contributed by atoms with Crippen molar-refractivity contribution in [3.63, 3.8) is 0 Å². The van der Waals surface area contributed by atoms with E-state index < -0.39 is 0 Å². The van der Waals surface area contributed by atoms with E-state index in [1.54, 1.807) is 16.8 Å². The maximum atomic E-state index is 12.2. The van der Waals surface area contributed by atoms with Crippen molar-refractivity contribution >= 4 is 28.6 Å². The molecule has 0 saturated carbocycles. The molecule has 0 saturated heterocycles. The number of carbonyl (C=O) groups is 1. The molecule has 2 aromatic rings. The molecule has 0 aliphatic heterocycles. The van der Waals surface area contributed by atoms with Crippen LogP contribution < -0.4 is 5.32 Å². The third kappa shape index (κ3) is 4.28. The van der Waals surface area contributed by atoms with Crippen LogP contribution in [0.2, 0.25) is 0 Å². The van der Waals surface area contributed by atoms with Crippen LogP contribution in [0, 0.1) is 5.41 Å². The van der Waals surface area contributed by atoms with Gasteiger partial charge in [-0.3, -0.25) is 4.79 Å². The number of benzene rings is 1. The molecule has 1 amide bonds. The number of rotatable bonds is 4. The van der Waals surface area contributed by atoms with E-state index in [2.05, 4.69) is 49.3 Å². The summed E-state index contributed by atoms with van der Waals surface area (Å²) in [5.74, 6) is 0.652. The van der Waals surface area contributed by atoms with Crippen molar-refractivity contribution in [1.82, 2.24) is 4.98 Å². The van der Waals surface area contributed by atoms with Gasteiger partial charge in [0, 0.05) is 6.42 Å². The Labute approximate surface area is 136 Å². The van der Waals surface area contributed by atoms with Gasteiger partial charge in [0.05, 0.1) is 10.4 Å². The van der Waals surface area contributed by atoms with Crippen molar-refractivity contribution in [2.75, 3.05) is 5.32 Å². The van der Waals surface area contributed by atoms with Crippen LogP contribution in [0.5, 0.6) is 0 Å². The molecule has 22 heavy (non-hydrogen) atoms. The molecule has 0 unspecified atom stereocenters. The third-order valence-electron chi connectivity index (χ3n) is 3.13. The van der Waals surface area contributed by atoms with Gasteiger partial charge in [-0.05, 0) is 23.5 Å². The molecular formula is C18H22N2OS. The first kappa shape index (κ1) is 16.4. The molecule has 0 spiro atoms. The Kier molecular flexibility index (Phi) is 5.14. The standard InChI is InChI=1S/C18H22N2OS/c1-5-14(13-9-7-6-8-10-13)16-17(19-12-22-16)20-15(21)11-18(2,3)4/h5-10,12H,11H2,1-4H3,(H,20,21)/b14-5+. The molecule has 1 aromatic carbocycles. The van der Waals surface area contributed by atoms with Gasteiger partial charge in [0.15, 0.2) is 5.82 Å². The zero-order valence-electron chi connectivity index (χ0n) is 13.5. The molecule has 0 aliphatic carbocycles. The summed E-state index contributed by atoms with van der Waals surface area (Å²) >= 11 is 1.54. The minimum absolute atomic E-state index is 0.00293. The van der Waals surface area contributed by atoms with Crippen molar-refractivity contribution < 1.29 is 4.79 Å². The molecule has 0 fully saturated rings. The second-order valence-electron chi connectivity index (χ2n) is 6.38. The smallest absolute Gasteiger partial charge is 0.226 e. The highest BCUT2D eigenvalue weighted by atomic mass is 32.1. The Balaban J connectivity index is 2.24. The molecule has 0 radical (unpaired) electrons. The molecule has 1 aromatic heterocycles. The Morgan fingerprint density at radius 3 is 2.55 bits per heavy atom. The summed E-state index contributed by atoms with van der Waals surface area (Å²) in [5, 5.41) is 2.95. The lowest BCUT2D eigenvalue weighted by Gasteiger charge is -2.17. The van der Waals surface area contributed by atoms with Gasteiger partial charge in [-0.2, -0.15) is 0 Å². The van der Waals surface area contributed by atoms with Gasteiger partial charge in [-0.1, -0.05) is 57.2 Å². The fourth-order valence-electron chi connectivity index (χ4n) is 2.23. The van der Waals surface area contributed by atoms with Crippen molar-refractivity contribution in [1.29, 1.82) is 0 Å². The van der Waals surface area contributed by atoms with Crippen LogP contribution in [0.4, 0.5) is 5.82 Å². The summed E-state index contributed by atoms with van der Waals surface area (Å²) in [6.07, 6.45) is 2.53. The number of thiazole rings is 1. The highest BCUT2D eigenvalue weighted by Gasteiger charge is 2.19. The lowest BCUT2D eigenvalue weighted by atomic mass is 9.92. The molecule has 4 heteroatoms. The molecule has 1 N–H and O–H groups in total. The lowest BCUT2D eigenvalue weighted by Crippen LogP contribution is -2.20. The highest BCUT2D eigenvalue weighted by molar-refractivity contribution is 7.11. The minimum Gasteiger partial charge on any atom is -0.309 e. The van der Waals surface area contributed by atoms with Crippen LogP contribution in [0.3, 0.4) is 0 Å². The van der Waals surface area contributed by atoms with E-state index in [1.165, 1.54) is 0 Å². The van der Waals surface area contributed by atoms with Gasteiger partial charge in [0.25, 0.3) is 0 Å². The van der Waals surface area contributed by atoms with E-state index >= 15 is 0 Å². The second kappa shape index (κ2) is 6.88. The summed E-state index contributed by atoms with van der Waals surface area (Å²) in [7, 11) is 0. The zero-order valence-corrected chi connectivity index (χ0v) is 14.3. The summed E-state index contributed by atoms with van der Waals surface area (Å²) in [6, 6.07) is 10.1. The maximum Gasteiger partial charge on any atom is 0.226 e. The van der Waals surface area contributed by atoms with Gasteiger partial charge in [-0.25, -0.2) is 4.98 Å². The topological polar surface area (TPSA) is 42.0 Å². The molecule has 116 valence electrons. The molecule has 2 rings (SSSR count). The van der Waals surface area contributed by atoms with Gasteiger partial charge in [0.1, 0.15) is 0 Å². The molecule has 0 aliphatic rings. The van der Waals surface area contributed by atoms with E-state index in [4.69, 9.17) is 0 Å². The van der Waals surface area contributed by atoms with E-state index in [1.807, 2.05) is 25.1 Å². The number of carbonyl (C=O) groups excluding carboxylic acids is 1. The summed E-state index contributed by atoms with van der Waals surface area (Å²) < 4.78 is 0. The Morgan fingerprint density at radius 2 is 1.95 bits per heavy atom. The second-order valence-corrected chi connectivity index (χ2v) is 7.24. The first-order valence-electron chi connectivity index (χ1n) is 7.36. The van der Waals surface area contributed by atoms with E-state index in [0.717, 1.165) is 16.0 Å². The lowest BCUT2D eigenvalue weighted by molar-refractivity contribution is -0.117. The largest absolute Gasteiger partial charge is 0.309 e. The van der Waals surface area contributed by atoms with Gasteiger partial charge < -0.3 is 5.32 Å². The van der Waals surface area contributed by atoms with Crippen LogP contribution >= 0.6 is 11.3 Å². The SMILES string of the molecule is C/C=C(\c1ccccc1)c1scnc1NC(=O)CC(C)(C)C. The normalized spacial score (nSPS) is 12.3. The van der Waals surface area contributed by atoms with Crippen molar-refractivity contribution in [3.05, 3.63) is 52.4 Å². The van der Waals surface area contributed by atoms with Crippen molar-refractivity contribution in [3.8, 4) is 0 Å². The summed E-state index contributed by atoms with van der Waals surface area (Å²) in [5.41, 5.74) is 3.95. The van der Waals surface area contributed by atoms with Crippen molar-refractivity contribution in [2.45, 2.75) is 34.1 Å². The van der Waals surface area contributed by atoms with E-state index in [0.29, 0.717) is 12.2 Å². The number of nitrogens with one attached hydrogen (secondary N) is 1. The summed E-state index contributed by atoms with van der Waals surface area (Å²) in [4.78, 5) is 17.5. The number of allylic oxidation sites excluding steroid dienone is 1. The molecule has 0 atom stereocenters. The van der Waals surface area contributed by atoms with E-state index in [9.17, 15) is 4.79 Å². The molecule has 1 heterocycles. The Morgan fingerprint density at radius 1 is 1.27 bits per heavy atom. The zero-order chi connectivity index (χ0) is 16.2. The van der Waals surface area contributed by atoms with Crippen LogP contribution in [0.25, 0.3) is 5.57 Å². The van der Waals surface area contributed by atoms with Crippen LogP contribution in [-0.2, 0) is 4.79 Å². The fourth-order valence-corrected chi connectivity index (χ4v) is 3.07. The van der Waals surface area contributed by atoms with Gasteiger partial charge in [-0.15, -0.1) is 11.3 Å². The van der Waals surface area contributed by atoms with Crippen molar-refractivity contribution in [2.24, 2.45) is 5.41 Å². The number of amides is 1. The summed E-state index contributed by atoms with van der Waals surface area (Å²) in [6.45, 7) is 8.16. The third-order valence-corrected chi connectivity index (χ3v) is 3.99. The van der Waals surface area contributed by atoms with Crippen LogP contribution in [-0.4, -0.2) is 10.9 Å². The quantitative estimate of drug-likeness (QED) is 0.865. The Bertz CT molecular complexity index is 666. The first-order chi connectivity index (χ1) is 10.4. The Hall–Kier alpha value is -1.94. The molecule has 0 bridgehead atoms. The fraction of sp³-hybridized carbons (Fsp3) is 0.333. The monoisotopic (exact) mass is 314 g/mol. The number of hydrogen-bond acceptors (Lipinski definition) is 3. The number of anilines is 1. The van der Waals surface area contributed by atoms with Crippen LogP contribution in [0.1, 0.15) is 44.6 Å². The number of aromatic nitrogens is 1. The van der Waals surface area contributed by atoms with E-state index in [-0.39, 0.29) is 11.3 Å². The highest BCUT2D eigenvalue weighted by Crippen LogP contribution is 2.32. The minimum atomic E-state index is -0.0386. The number of nitrogens with zero attached hydrogens (tertiary/aromatic N) is 1. The van der Waals surface area contributed by atoms with Crippen LogP contribution in [0.15, 0.2) is 41.9 Å². The predicted octanol–water partition coefficient (Wildman–Crippen LogP) is 4.97. The van der Waals surface area contributed by atoms with Gasteiger partial charge >= 0.3 is 0 Å². The number of hydrogen-bond donors (Lipinski definition) is 1. The predicted molar refractivity (Wildman–Crippen MR) is 94.0 cm³/mol. The average molecular weight is 314 g/mol. The maximum absolute atomic E-state index is 12.2. The molecular weight excluding hydrogens is 292 g/mol. The first-order valence-corrected chi connectivity index (χ1v) is 8.24. The molecule has 3 nitrogen and oxygen atoms in total.